The van der Waals surface area contributed by atoms with E-state index in [1.54, 1.807) is 0 Å². The van der Waals surface area contributed by atoms with Crippen molar-refractivity contribution >= 4 is 11.7 Å². The summed E-state index contributed by atoms with van der Waals surface area (Å²) in [6, 6.07) is 5.93. The number of morpholine rings is 1. The third-order valence-corrected chi connectivity index (χ3v) is 4.10. The third kappa shape index (κ3) is 4.94. The van der Waals surface area contributed by atoms with E-state index in [1.165, 1.54) is 0 Å². The van der Waals surface area contributed by atoms with Crippen LogP contribution in [0.25, 0.3) is 0 Å². The number of amides is 1. The Morgan fingerprint density at radius 2 is 1.85 bits per heavy atom. The molecule has 1 saturated heterocycles. The highest BCUT2D eigenvalue weighted by Crippen LogP contribution is 2.29. The van der Waals surface area contributed by atoms with Crippen LogP contribution in [-0.4, -0.2) is 42.2 Å². The van der Waals surface area contributed by atoms with Crippen molar-refractivity contribution in [2.24, 2.45) is 0 Å². The Hall–Kier alpha value is -2.68. The highest BCUT2D eigenvalue weighted by atomic mass is 19.4. The SMILES string of the molecule is Cc1cc(N2CCOCC2)nc(CNC(=O)c2ccc(C(F)(F)F)cc2)n1. The molecular formula is C18H19F3N4O2. The number of hydrogen-bond donors (Lipinski definition) is 1. The number of carbonyl (C=O) groups is 1. The van der Waals surface area contributed by atoms with Crippen LogP contribution < -0.4 is 10.2 Å². The van der Waals surface area contributed by atoms with Crippen LogP contribution in [0.3, 0.4) is 0 Å². The van der Waals surface area contributed by atoms with Gasteiger partial charge >= 0.3 is 6.18 Å². The lowest BCUT2D eigenvalue weighted by molar-refractivity contribution is -0.137. The Kier molecular flexibility index (Phi) is 5.59. The molecular weight excluding hydrogens is 361 g/mol. The van der Waals surface area contributed by atoms with Gasteiger partial charge in [-0.3, -0.25) is 4.79 Å². The molecule has 1 amide bonds. The average Bonchev–Trinajstić information content (AvgIpc) is 2.66. The van der Waals surface area contributed by atoms with Gasteiger partial charge in [-0.25, -0.2) is 9.97 Å². The summed E-state index contributed by atoms with van der Waals surface area (Å²) < 4.78 is 43.1. The minimum Gasteiger partial charge on any atom is -0.378 e. The van der Waals surface area contributed by atoms with E-state index >= 15 is 0 Å². The van der Waals surface area contributed by atoms with E-state index in [2.05, 4.69) is 20.2 Å². The van der Waals surface area contributed by atoms with Crippen molar-refractivity contribution in [3.63, 3.8) is 0 Å². The fourth-order valence-electron chi connectivity index (χ4n) is 2.72. The van der Waals surface area contributed by atoms with Gasteiger partial charge in [0.25, 0.3) is 5.91 Å². The monoisotopic (exact) mass is 380 g/mol. The Bertz CT molecular complexity index is 803. The predicted molar refractivity (Wildman–Crippen MR) is 92.4 cm³/mol. The highest BCUT2D eigenvalue weighted by Gasteiger charge is 2.30. The van der Waals surface area contributed by atoms with E-state index in [1.807, 2.05) is 13.0 Å². The minimum atomic E-state index is -4.43. The molecule has 0 radical (unpaired) electrons. The van der Waals surface area contributed by atoms with Crippen molar-refractivity contribution in [2.45, 2.75) is 19.6 Å². The van der Waals surface area contributed by atoms with E-state index < -0.39 is 17.6 Å². The first-order valence-corrected chi connectivity index (χ1v) is 8.45. The van der Waals surface area contributed by atoms with Crippen molar-refractivity contribution < 1.29 is 22.7 Å². The molecule has 2 aromatic rings. The molecule has 0 saturated carbocycles. The summed E-state index contributed by atoms with van der Waals surface area (Å²) in [5, 5.41) is 2.64. The molecule has 1 aromatic heterocycles. The number of alkyl halides is 3. The number of nitrogens with one attached hydrogen (secondary N) is 1. The zero-order chi connectivity index (χ0) is 19.4. The second kappa shape index (κ2) is 7.91. The molecule has 0 atom stereocenters. The Morgan fingerprint density at radius 1 is 1.19 bits per heavy atom. The largest absolute Gasteiger partial charge is 0.416 e. The summed E-state index contributed by atoms with van der Waals surface area (Å²) in [7, 11) is 0. The summed E-state index contributed by atoms with van der Waals surface area (Å²) in [5.41, 5.74) is 0.116. The number of aryl methyl sites for hydroxylation is 1. The summed E-state index contributed by atoms with van der Waals surface area (Å²) in [4.78, 5) is 23.0. The maximum Gasteiger partial charge on any atom is 0.416 e. The van der Waals surface area contributed by atoms with Gasteiger partial charge in [0.2, 0.25) is 0 Å². The molecule has 1 aromatic carbocycles. The second-order valence-corrected chi connectivity index (χ2v) is 6.14. The van der Waals surface area contributed by atoms with Gasteiger partial charge in [-0.1, -0.05) is 0 Å². The Morgan fingerprint density at radius 3 is 2.48 bits per heavy atom. The number of halogens is 3. The lowest BCUT2D eigenvalue weighted by Crippen LogP contribution is -2.37. The van der Waals surface area contributed by atoms with E-state index in [0.29, 0.717) is 19.0 Å². The smallest absolute Gasteiger partial charge is 0.378 e. The topological polar surface area (TPSA) is 67.3 Å². The first-order valence-electron chi connectivity index (χ1n) is 8.45. The summed E-state index contributed by atoms with van der Waals surface area (Å²) in [6.07, 6.45) is -4.43. The van der Waals surface area contributed by atoms with Crippen molar-refractivity contribution in [3.8, 4) is 0 Å². The van der Waals surface area contributed by atoms with E-state index in [9.17, 15) is 18.0 Å². The van der Waals surface area contributed by atoms with Crippen molar-refractivity contribution in [2.75, 3.05) is 31.2 Å². The van der Waals surface area contributed by atoms with E-state index in [0.717, 1.165) is 48.9 Å². The number of benzene rings is 1. The van der Waals surface area contributed by atoms with Gasteiger partial charge in [0, 0.05) is 30.4 Å². The molecule has 6 nitrogen and oxygen atoms in total. The molecule has 0 bridgehead atoms. The van der Waals surface area contributed by atoms with Crippen LogP contribution in [0.1, 0.15) is 27.4 Å². The lowest BCUT2D eigenvalue weighted by atomic mass is 10.1. The number of nitrogens with zero attached hydrogens (tertiary/aromatic N) is 3. The minimum absolute atomic E-state index is 0.0822. The molecule has 144 valence electrons. The molecule has 0 unspecified atom stereocenters. The standard InChI is InChI=1S/C18H19F3N4O2/c1-12-10-16(25-6-8-27-9-7-25)24-15(23-12)11-22-17(26)13-2-4-14(5-3-13)18(19,20)21/h2-5,10H,6-9,11H2,1H3,(H,22,26). The maximum atomic E-state index is 12.6. The van der Waals surface area contributed by atoms with Crippen LogP contribution in [0, 0.1) is 6.92 Å². The Balaban J connectivity index is 1.65. The molecule has 1 fully saturated rings. The summed E-state index contributed by atoms with van der Waals surface area (Å²) in [5.74, 6) is 0.725. The fraction of sp³-hybridized carbons (Fsp3) is 0.389. The molecule has 0 aliphatic carbocycles. The van der Waals surface area contributed by atoms with Crippen LogP contribution in [0.4, 0.5) is 19.0 Å². The van der Waals surface area contributed by atoms with Gasteiger partial charge in [0.15, 0.2) is 0 Å². The van der Waals surface area contributed by atoms with Gasteiger partial charge in [0.05, 0.1) is 25.3 Å². The summed E-state index contributed by atoms with van der Waals surface area (Å²) >= 11 is 0. The van der Waals surface area contributed by atoms with Crippen LogP contribution >= 0.6 is 0 Å². The van der Waals surface area contributed by atoms with Crippen LogP contribution in [0.2, 0.25) is 0 Å². The average molecular weight is 380 g/mol. The Labute approximate surface area is 154 Å². The lowest BCUT2D eigenvalue weighted by Gasteiger charge is -2.28. The van der Waals surface area contributed by atoms with Gasteiger partial charge in [-0.15, -0.1) is 0 Å². The van der Waals surface area contributed by atoms with Crippen LogP contribution in [-0.2, 0) is 17.5 Å². The van der Waals surface area contributed by atoms with Gasteiger partial charge in [0.1, 0.15) is 11.6 Å². The maximum absolute atomic E-state index is 12.6. The number of hydrogen-bond acceptors (Lipinski definition) is 5. The van der Waals surface area contributed by atoms with Gasteiger partial charge < -0.3 is 15.0 Å². The molecule has 1 aliphatic rings. The normalized spacial score (nSPS) is 14.9. The molecule has 0 spiro atoms. The number of ether oxygens (including phenoxy) is 1. The highest BCUT2D eigenvalue weighted by molar-refractivity contribution is 5.94. The third-order valence-electron chi connectivity index (χ3n) is 4.10. The zero-order valence-corrected chi connectivity index (χ0v) is 14.7. The van der Waals surface area contributed by atoms with Gasteiger partial charge in [-0.2, -0.15) is 13.2 Å². The quantitative estimate of drug-likeness (QED) is 0.883. The molecule has 9 heteroatoms. The number of aromatic nitrogens is 2. The van der Waals surface area contributed by atoms with Crippen molar-refractivity contribution in [1.82, 2.24) is 15.3 Å². The fourth-order valence-corrected chi connectivity index (χ4v) is 2.72. The van der Waals surface area contributed by atoms with Crippen molar-refractivity contribution in [3.05, 3.63) is 53.0 Å². The first kappa shape index (κ1) is 19.1. The molecule has 1 aliphatic heterocycles. The molecule has 3 rings (SSSR count). The molecule has 1 N–H and O–H groups in total. The number of anilines is 1. The number of rotatable bonds is 4. The zero-order valence-electron chi connectivity index (χ0n) is 14.7. The first-order chi connectivity index (χ1) is 12.8. The van der Waals surface area contributed by atoms with Crippen LogP contribution in [0.5, 0.6) is 0 Å². The van der Waals surface area contributed by atoms with Gasteiger partial charge in [-0.05, 0) is 31.2 Å². The van der Waals surface area contributed by atoms with Crippen molar-refractivity contribution in [1.29, 1.82) is 0 Å². The van der Waals surface area contributed by atoms with Crippen LogP contribution in [0.15, 0.2) is 30.3 Å². The summed E-state index contributed by atoms with van der Waals surface area (Å²) in [6.45, 7) is 4.64. The predicted octanol–water partition coefficient (Wildman–Crippen LogP) is 2.57. The van der Waals surface area contributed by atoms with E-state index in [-0.39, 0.29) is 12.1 Å². The molecule has 27 heavy (non-hydrogen) atoms. The van der Waals surface area contributed by atoms with E-state index in [4.69, 9.17) is 4.74 Å². The number of carbonyl (C=O) groups excluding carboxylic acids is 1. The molecule has 2 heterocycles. The second-order valence-electron chi connectivity index (χ2n) is 6.14.